The third-order valence-corrected chi connectivity index (χ3v) is 6.67. The molecule has 0 amide bonds. The quantitative estimate of drug-likeness (QED) is 0.435. The second-order valence-electron chi connectivity index (χ2n) is 9.34. The number of hydrogen-bond acceptors (Lipinski definition) is 3. The summed E-state index contributed by atoms with van der Waals surface area (Å²) in [5.74, 6) is 1.10. The van der Waals surface area contributed by atoms with Gasteiger partial charge in [0.15, 0.2) is 5.65 Å². The Balaban J connectivity index is 0.00000149. The van der Waals surface area contributed by atoms with Crippen molar-refractivity contribution in [2.24, 2.45) is 5.92 Å². The molecule has 33 heavy (non-hydrogen) atoms. The van der Waals surface area contributed by atoms with Gasteiger partial charge in [0.2, 0.25) is 0 Å². The monoisotopic (exact) mass is 446 g/mol. The van der Waals surface area contributed by atoms with E-state index in [9.17, 15) is 0 Å². The Morgan fingerprint density at radius 3 is 2.48 bits per heavy atom. The lowest BCUT2D eigenvalue weighted by Crippen LogP contribution is -2.26. The van der Waals surface area contributed by atoms with Gasteiger partial charge in [0.05, 0.1) is 0 Å². The Morgan fingerprint density at radius 1 is 1.09 bits per heavy atom. The van der Waals surface area contributed by atoms with Gasteiger partial charge in [-0.05, 0) is 103 Å². The maximum Gasteiger partial charge on any atom is 0.158 e. The molecule has 0 bridgehead atoms. The largest absolute Gasteiger partial charge is 0.317 e. The maximum atomic E-state index is 4.43. The van der Waals surface area contributed by atoms with Gasteiger partial charge in [-0.3, -0.25) is 0 Å². The van der Waals surface area contributed by atoms with E-state index >= 15 is 0 Å². The summed E-state index contributed by atoms with van der Waals surface area (Å²) in [6.45, 7) is 17.6. The highest BCUT2D eigenvalue weighted by molar-refractivity contribution is 5.92. The fourth-order valence-electron chi connectivity index (χ4n) is 5.10. The second kappa shape index (κ2) is 11.6. The number of fused-ring (bicyclic) bond motifs is 1. The highest BCUT2D eigenvalue weighted by Crippen LogP contribution is 2.38. The number of aromatic nitrogens is 3. The lowest BCUT2D eigenvalue weighted by molar-refractivity contribution is 0.460. The van der Waals surface area contributed by atoms with Crippen molar-refractivity contribution < 1.29 is 0 Å². The lowest BCUT2D eigenvalue weighted by atomic mass is 9.81. The average molecular weight is 447 g/mol. The summed E-state index contributed by atoms with van der Waals surface area (Å²) in [6.07, 6.45) is 8.44. The van der Waals surface area contributed by atoms with Crippen LogP contribution in [0.3, 0.4) is 0 Å². The smallest absolute Gasteiger partial charge is 0.158 e. The van der Waals surface area contributed by atoms with Gasteiger partial charge >= 0.3 is 0 Å². The molecule has 1 saturated heterocycles. The van der Waals surface area contributed by atoms with Crippen LogP contribution in [0.5, 0.6) is 0 Å². The maximum absolute atomic E-state index is 4.43. The van der Waals surface area contributed by atoms with E-state index in [1.807, 2.05) is 18.4 Å². The van der Waals surface area contributed by atoms with E-state index in [2.05, 4.69) is 80.5 Å². The van der Waals surface area contributed by atoms with Crippen LogP contribution in [0.25, 0.3) is 16.8 Å². The van der Waals surface area contributed by atoms with Crippen molar-refractivity contribution in [3.8, 4) is 0 Å². The van der Waals surface area contributed by atoms with Crippen molar-refractivity contribution in [3.63, 3.8) is 0 Å². The van der Waals surface area contributed by atoms with E-state index < -0.39 is 0 Å². The van der Waals surface area contributed by atoms with Gasteiger partial charge in [0.1, 0.15) is 6.33 Å². The van der Waals surface area contributed by atoms with Crippen molar-refractivity contribution in [2.75, 3.05) is 13.1 Å². The van der Waals surface area contributed by atoms with Gasteiger partial charge in [0, 0.05) is 6.20 Å². The van der Waals surface area contributed by atoms with Gasteiger partial charge in [-0.1, -0.05) is 59.2 Å². The number of benzene rings is 1. The van der Waals surface area contributed by atoms with Crippen molar-refractivity contribution >= 4 is 16.8 Å². The first-order valence-electron chi connectivity index (χ1n) is 12.8. The molecule has 0 atom stereocenters. The molecule has 1 aliphatic rings. The van der Waals surface area contributed by atoms with Crippen molar-refractivity contribution in [1.29, 1.82) is 0 Å². The minimum absolute atomic E-state index is 0.440. The first kappa shape index (κ1) is 25.2. The average Bonchev–Trinajstić information content (AvgIpc) is 3.31. The molecule has 1 N–H and O–H groups in total. The van der Waals surface area contributed by atoms with Gasteiger partial charge < -0.3 is 5.32 Å². The highest BCUT2D eigenvalue weighted by Gasteiger charge is 2.21. The fourth-order valence-corrected chi connectivity index (χ4v) is 5.10. The molecule has 3 aromatic rings. The van der Waals surface area contributed by atoms with Gasteiger partial charge in [-0.15, -0.1) is 0 Å². The molecule has 4 nitrogen and oxygen atoms in total. The molecule has 0 radical (unpaired) electrons. The van der Waals surface area contributed by atoms with Gasteiger partial charge in [-0.25, -0.2) is 9.50 Å². The van der Waals surface area contributed by atoms with Crippen LogP contribution in [0.2, 0.25) is 0 Å². The van der Waals surface area contributed by atoms with Crippen LogP contribution in [0.15, 0.2) is 36.8 Å². The van der Waals surface area contributed by atoms with Gasteiger partial charge in [-0.2, -0.15) is 5.10 Å². The first-order valence-corrected chi connectivity index (χ1v) is 12.8. The summed E-state index contributed by atoms with van der Waals surface area (Å²) in [4.78, 5) is 4.41. The minimum atomic E-state index is 0.440. The van der Waals surface area contributed by atoms with E-state index in [-0.39, 0.29) is 0 Å². The molecular formula is C29H42N4. The molecular weight excluding hydrogens is 404 g/mol. The number of allylic oxidation sites excluding steroid dienone is 2. The van der Waals surface area contributed by atoms with E-state index in [0.29, 0.717) is 11.8 Å². The molecule has 4 heteroatoms. The predicted molar refractivity (Wildman–Crippen MR) is 142 cm³/mol. The van der Waals surface area contributed by atoms with Crippen LogP contribution in [0.4, 0.5) is 0 Å². The third-order valence-electron chi connectivity index (χ3n) is 6.67. The molecule has 2 aromatic heterocycles. The van der Waals surface area contributed by atoms with Crippen LogP contribution in [-0.2, 0) is 0 Å². The molecule has 0 unspecified atom stereocenters. The van der Waals surface area contributed by atoms with Crippen LogP contribution in [0, 0.1) is 19.8 Å². The molecule has 0 spiro atoms. The Morgan fingerprint density at radius 2 is 1.82 bits per heavy atom. The van der Waals surface area contributed by atoms with Crippen molar-refractivity contribution in [1.82, 2.24) is 19.9 Å². The van der Waals surface area contributed by atoms with Crippen molar-refractivity contribution in [2.45, 2.75) is 80.1 Å². The fraction of sp³-hybridized carbons (Fsp3) is 0.517. The summed E-state index contributed by atoms with van der Waals surface area (Å²) >= 11 is 0. The first-order chi connectivity index (χ1) is 16.0. The lowest BCUT2D eigenvalue weighted by Gasteiger charge is -2.26. The highest BCUT2D eigenvalue weighted by atomic mass is 15.3. The van der Waals surface area contributed by atoms with E-state index in [4.69, 9.17) is 0 Å². The second-order valence-corrected chi connectivity index (χ2v) is 9.34. The molecule has 1 aromatic carbocycles. The molecule has 4 rings (SSSR count). The summed E-state index contributed by atoms with van der Waals surface area (Å²) in [6, 6.07) is 9.49. The molecule has 0 saturated carbocycles. The SMILES string of the molecule is CC.CCC/C(=C(\c1cc(C2CCNCC2)ccc1C)C(C)C)c1cc(C)c2ncnn2c1. The zero-order valence-electron chi connectivity index (χ0n) is 21.7. The Hall–Kier alpha value is -2.46. The zero-order chi connectivity index (χ0) is 24.0. The number of piperidine rings is 1. The Labute approximate surface area is 200 Å². The Kier molecular flexibility index (Phi) is 8.85. The summed E-state index contributed by atoms with van der Waals surface area (Å²) in [5, 5.41) is 7.93. The zero-order valence-corrected chi connectivity index (χ0v) is 21.7. The van der Waals surface area contributed by atoms with E-state index in [0.717, 1.165) is 31.6 Å². The van der Waals surface area contributed by atoms with Crippen LogP contribution in [0.1, 0.15) is 94.0 Å². The molecule has 1 fully saturated rings. The number of pyridine rings is 1. The normalized spacial score (nSPS) is 15.4. The van der Waals surface area contributed by atoms with Crippen molar-refractivity contribution in [3.05, 3.63) is 64.6 Å². The van der Waals surface area contributed by atoms with Gasteiger partial charge in [0.25, 0.3) is 0 Å². The summed E-state index contributed by atoms with van der Waals surface area (Å²) in [5.41, 5.74) is 10.6. The molecule has 1 aliphatic heterocycles. The van der Waals surface area contributed by atoms with Crippen LogP contribution in [-0.4, -0.2) is 27.7 Å². The molecule has 3 heterocycles. The standard InChI is InChI=1S/C27H36N4.C2H6/c1-6-7-24(23-14-20(5)27-29-17-30-31(27)16-23)26(18(2)3)25-15-22(9-8-19(25)4)21-10-12-28-13-11-21;1-2/h8-9,14-18,21,28H,6-7,10-13H2,1-5H3;1-2H3/b26-24+;. The molecule has 178 valence electrons. The number of nitrogens with one attached hydrogen (secondary N) is 1. The minimum Gasteiger partial charge on any atom is -0.317 e. The van der Waals surface area contributed by atoms with E-state index in [1.165, 1.54) is 51.8 Å². The topological polar surface area (TPSA) is 42.2 Å². The number of nitrogens with zero attached hydrogens (tertiary/aromatic N) is 3. The van der Waals surface area contributed by atoms with E-state index in [1.54, 1.807) is 6.33 Å². The number of aryl methyl sites for hydroxylation is 2. The Bertz CT molecular complexity index is 1080. The number of hydrogen-bond donors (Lipinski definition) is 1. The third kappa shape index (κ3) is 5.55. The number of rotatable bonds is 6. The summed E-state index contributed by atoms with van der Waals surface area (Å²) in [7, 11) is 0. The van der Waals surface area contributed by atoms with Crippen LogP contribution >= 0.6 is 0 Å². The van der Waals surface area contributed by atoms with Crippen LogP contribution < -0.4 is 5.32 Å². The molecule has 0 aliphatic carbocycles. The predicted octanol–water partition coefficient (Wildman–Crippen LogP) is 7.21. The summed E-state index contributed by atoms with van der Waals surface area (Å²) < 4.78 is 1.93.